The summed E-state index contributed by atoms with van der Waals surface area (Å²) in [7, 11) is 0. The van der Waals surface area contributed by atoms with Crippen LogP contribution in [0.1, 0.15) is 19.8 Å². The molecule has 1 unspecified atom stereocenters. The van der Waals surface area contributed by atoms with Crippen molar-refractivity contribution >= 4 is 17.3 Å². The summed E-state index contributed by atoms with van der Waals surface area (Å²) in [5.41, 5.74) is -0.558. The highest BCUT2D eigenvalue weighted by molar-refractivity contribution is 5.93. The first kappa shape index (κ1) is 14.0. The Labute approximate surface area is 103 Å². The lowest BCUT2D eigenvalue weighted by molar-refractivity contribution is -0.384. The molecule has 0 aliphatic carbocycles. The van der Waals surface area contributed by atoms with Crippen LogP contribution in [-0.2, 0) is 4.79 Å². The average molecular weight is 256 g/mol. The van der Waals surface area contributed by atoms with Crippen LogP contribution in [-0.4, -0.2) is 22.0 Å². The Bertz CT molecular complexity index is 462. The topological polar surface area (TPSA) is 92.5 Å². The van der Waals surface area contributed by atoms with Crippen LogP contribution in [0.3, 0.4) is 0 Å². The molecule has 0 heterocycles. The van der Waals surface area contributed by atoms with Gasteiger partial charge < -0.3 is 10.4 Å². The Kier molecular flexibility index (Phi) is 4.73. The zero-order chi connectivity index (χ0) is 13.7. The van der Waals surface area contributed by atoms with Crippen molar-refractivity contribution in [2.45, 2.75) is 25.9 Å². The van der Waals surface area contributed by atoms with Gasteiger partial charge in [0.15, 0.2) is 0 Å². The van der Waals surface area contributed by atoms with E-state index < -0.39 is 22.8 Å². The van der Waals surface area contributed by atoms with Crippen LogP contribution in [0.5, 0.6) is 0 Å². The van der Waals surface area contributed by atoms with Gasteiger partial charge in [0.1, 0.15) is 11.5 Å². The Morgan fingerprint density at radius 2 is 2.28 bits per heavy atom. The molecule has 0 saturated heterocycles. The summed E-state index contributed by atoms with van der Waals surface area (Å²) >= 11 is 0. The predicted octanol–water partition coefficient (Wildman–Crippen LogP) is 1.83. The molecule has 0 aliphatic heterocycles. The molecule has 0 aliphatic rings. The molecule has 0 fully saturated rings. The maximum Gasteiger partial charge on any atom is 0.292 e. The van der Waals surface area contributed by atoms with Crippen molar-refractivity contribution in [2.75, 3.05) is 5.32 Å². The van der Waals surface area contributed by atoms with Crippen LogP contribution in [0, 0.1) is 15.9 Å². The van der Waals surface area contributed by atoms with Crippen molar-refractivity contribution in [1.29, 1.82) is 0 Å². The summed E-state index contributed by atoms with van der Waals surface area (Å²) in [6.07, 6.45) is -0.404. The standard InChI is InChI=1S/C11H13FN2O4/c1-7(15)2-5-11(16)13-9-6-8(12)3-4-10(9)14(17)18/h3-4,6-7,15H,2,5H2,1H3,(H,13,16). The van der Waals surface area contributed by atoms with E-state index >= 15 is 0 Å². The minimum Gasteiger partial charge on any atom is -0.393 e. The van der Waals surface area contributed by atoms with Gasteiger partial charge >= 0.3 is 0 Å². The van der Waals surface area contributed by atoms with E-state index in [1.54, 1.807) is 0 Å². The van der Waals surface area contributed by atoms with Crippen molar-refractivity contribution in [3.63, 3.8) is 0 Å². The maximum absolute atomic E-state index is 13.0. The number of anilines is 1. The van der Waals surface area contributed by atoms with E-state index in [-0.39, 0.29) is 24.2 Å². The van der Waals surface area contributed by atoms with Gasteiger partial charge in [0.05, 0.1) is 11.0 Å². The summed E-state index contributed by atoms with van der Waals surface area (Å²) in [4.78, 5) is 21.4. The van der Waals surface area contributed by atoms with Crippen molar-refractivity contribution in [3.8, 4) is 0 Å². The molecule has 2 N–H and O–H groups in total. The molecular formula is C11H13FN2O4. The first-order valence-electron chi connectivity index (χ1n) is 5.32. The molecule has 0 bridgehead atoms. The highest BCUT2D eigenvalue weighted by atomic mass is 19.1. The first-order valence-corrected chi connectivity index (χ1v) is 5.32. The molecular weight excluding hydrogens is 243 g/mol. The minimum absolute atomic E-state index is 0.00529. The Balaban J connectivity index is 2.79. The van der Waals surface area contributed by atoms with Gasteiger partial charge in [-0.15, -0.1) is 0 Å². The van der Waals surface area contributed by atoms with Crippen molar-refractivity contribution in [3.05, 3.63) is 34.1 Å². The largest absolute Gasteiger partial charge is 0.393 e. The molecule has 1 aromatic carbocycles. The summed E-state index contributed by atoms with van der Waals surface area (Å²) < 4.78 is 13.0. The van der Waals surface area contributed by atoms with E-state index in [1.807, 2.05) is 0 Å². The second-order valence-electron chi connectivity index (χ2n) is 3.85. The van der Waals surface area contributed by atoms with Crippen LogP contribution in [0.4, 0.5) is 15.8 Å². The molecule has 0 radical (unpaired) electrons. The highest BCUT2D eigenvalue weighted by Crippen LogP contribution is 2.25. The number of nitro groups is 1. The van der Waals surface area contributed by atoms with Crippen molar-refractivity contribution < 1.29 is 19.2 Å². The van der Waals surface area contributed by atoms with Crippen LogP contribution in [0.2, 0.25) is 0 Å². The molecule has 98 valence electrons. The predicted molar refractivity (Wildman–Crippen MR) is 62.6 cm³/mol. The van der Waals surface area contributed by atoms with Gasteiger partial charge in [-0.1, -0.05) is 0 Å². The monoisotopic (exact) mass is 256 g/mol. The van der Waals surface area contributed by atoms with E-state index in [4.69, 9.17) is 5.11 Å². The number of nitrogens with one attached hydrogen (secondary N) is 1. The molecule has 18 heavy (non-hydrogen) atoms. The molecule has 0 spiro atoms. The van der Waals surface area contributed by atoms with Crippen LogP contribution in [0.15, 0.2) is 18.2 Å². The highest BCUT2D eigenvalue weighted by Gasteiger charge is 2.16. The molecule has 1 aromatic rings. The summed E-state index contributed by atoms with van der Waals surface area (Å²) in [5.74, 6) is -1.18. The van der Waals surface area contributed by atoms with E-state index in [2.05, 4.69) is 5.32 Å². The number of hydrogen-bond donors (Lipinski definition) is 2. The quantitative estimate of drug-likeness (QED) is 0.621. The van der Waals surface area contributed by atoms with Crippen molar-refractivity contribution in [1.82, 2.24) is 0 Å². The lowest BCUT2D eigenvalue weighted by Gasteiger charge is -2.07. The Morgan fingerprint density at radius 3 is 2.83 bits per heavy atom. The van der Waals surface area contributed by atoms with E-state index in [9.17, 15) is 19.3 Å². The maximum atomic E-state index is 13.0. The summed E-state index contributed by atoms with van der Waals surface area (Å²) in [6.45, 7) is 1.53. The normalized spacial score (nSPS) is 11.9. The SMILES string of the molecule is CC(O)CCC(=O)Nc1cc(F)ccc1[N+](=O)[O-]. The van der Waals surface area contributed by atoms with Crippen LogP contribution < -0.4 is 5.32 Å². The number of aliphatic hydroxyl groups excluding tert-OH is 1. The zero-order valence-corrected chi connectivity index (χ0v) is 9.72. The van der Waals surface area contributed by atoms with Gasteiger partial charge in [0, 0.05) is 18.6 Å². The molecule has 0 aromatic heterocycles. The summed E-state index contributed by atoms with van der Waals surface area (Å²) in [5, 5.41) is 21.9. The molecule has 0 saturated carbocycles. The second-order valence-corrected chi connectivity index (χ2v) is 3.85. The Hall–Kier alpha value is -2.02. The fourth-order valence-electron chi connectivity index (χ4n) is 1.32. The number of rotatable bonds is 5. The lowest BCUT2D eigenvalue weighted by atomic mass is 10.2. The zero-order valence-electron chi connectivity index (χ0n) is 9.72. The third-order valence-corrected chi connectivity index (χ3v) is 2.22. The van der Waals surface area contributed by atoms with E-state index in [0.29, 0.717) is 0 Å². The van der Waals surface area contributed by atoms with Gasteiger partial charge in [-0.3, -0.25) is 14.9 Å². The number of halogens is 1. The molecule has 1 rings (SSSR count). The smallest absolute Gasteiger partial charge is 0.292 e. The number of carbonyl (C=O) groups excluding carboxylic acids is 1. The number of amides is 1. The number of carbonyl (C=O) groups is 1. The second kappa shape index (κ2) is 6.06. The summed E-state index contributed by atoms with van der Waals surface area (Å²) in [6, 6.07) is 2.82. The average Bonchev–Trinajstić information content (AvgIpc) is 2.26. The van der Waals surface area contributed by atoms with E-state index in [1.165, 1.54) is 6.92 Å². The van der Waals surface area contributed by atoms with Crippen LogP contribution in [0.25, 0.3) is 0 Å². The van der Waals surface area contributed by atoms with Gasteiger partial charge in [-0.2, -0.15) is 0 Å². The lowest BCUT2D eigenvalue weighted by Crippen LogP contribution is -2.15. The molecule has 1 atom stereocenters. The third-order valence-electron chi connectivity index (χ3n) is 2.22. The van der Waals surface area contributed by atoms with Gasteiger partial charge in [0.2, 0.25) is 5.91 Å². The number of nitrogens with zero attached hydrogens (tertiary/aromatic N) is 1. The van der Waals surface area contributed by atoms with Crippen LogP contribution >= 0.6 is 0 Å². The molecule has 1 amide bonds. The molecule has 7 heteroatoms. The van der Waals surface area contributed by atoms with Gasteiger partial charge in [0.25, 0.3) is 5.69 Å². The minimum atomic E-state index is -0.705. The number of nitro benzene ring substituents is 1. The number of benzene rings is 1. The fraction of sp³-hybridized carbons (Fsp3) is 0.364. The van der Waals surface area contributed by atoms with E-state index in [0.717, 1.165) is 18.2 Å². The number of aliphatic hydroxyl groups is 1. The molecule has 6 nitrogen and oxygen atoms in total. The first-order chi connectivity index (χ1) is 8.40. The van der Waals surface area contributed by atoms with Gasteiger partial charge in [-0.05, 0) is 19.4 Å². The fourth-order valence-corrected chi connectivity index (χ4v) is 1.32. The third kappa shape index (κ3) is 4.10. The number of hydrogen-bond acceptors (Lipinski definition) is 4. The Morgan fingerprint density at radius 1 is 1.61 bits per heavy atom. The van der Waals surface area contributed by atoms with Crippen molar-refractivity contribution in [2.24, 2.45) is 0 Å². The van der Waals surface area contributed by atoms with Gasteiger partial charge in [-0.25, -0.2) is 4.39 Å².